The molecule has 7 rings (SSSR count). The summed E-state index contributed by atoms with van der Waals surface area (Å²) in [6, 6.07) is 14.9. The van der Waals surface area contributed by atoms with Crippen molar-refractivity contribution in [3.05, 3.63) is 53.6 Å². The molecule has 3 fully saturated rings. The SMILES string of the molecule is CCCCNc1nc(N)nc2c3ccccc3n(Cc3cc(CNC45CC(C4)C5)ccc3OC)c12. The zero-order chi connectivity index (χ0) is 24.0. The number of anilines is 2. The van der Waals surface area contributed by atoms with Gasteiger partial charge in [0.25, 0.3) is 0 Å². The van der Waals surface area contributed by atoms with Crippen LogP contribution in [-0.2, 0) is 13.1 Å². The fourth-order valence-corrected chi connectivity index (χ4v) is 5.84. The highest BCUT2D eigenvalue weighted by molar-refractivity contribution is 6.09. The lowest BCUT2D eigenvalue weighted by molar-refractivity contribution is -0.0520. The molecule has 0 spiro atoms. The van der Waals surface area contributed by atoms with Crippen molar-refractivity contribution in [3.8, 4) is 5.75 Å². The summed E-state index contributed by atoms with van der Waals surface area (Å²) in [5, 5.41) is 8.41. The standard InChI is InChI=1S/C28H34N6O/c1-3-4-11-30-26-25-24(32-27(29)33-26)21-7-5-6-8-22(21)34(25)17-20-12-18(9-10-23(20)35-2)16-31-28-13-19(14-28)15-28/h5-10,12,19,31H,3-4,11,13-17H2,1-2H3,(H3,29,30,32,33). The first-order chi connectivity index (χ1) is 17.1. The largest absolute Gasteiger partial charge is 0.496 e. The van der Waals surface area contributed by atoms with E-state index in [1.807, 2.05) is 6.07 Å². The van der Waals surface area contributed by atoms with Crippen molar-refractivity contribution < 1.29 is 4.74 Å². The van der Waals surface area contributed by atoms with Gasteiger partial charge in [-0.1, -0.05) is 37.6 Å². The lowest BCUT2D eigenvalue weighted by Gasteiger charge is -2.62. The summed E-state index contributed by atoms with van der Waals surface area (Å²) in [7, 11) is 1.74. The molecule has 0 unspecified atom stereocenters. The van der Waals surface area contributed by atoms with E-state index in [0.29, 0.717) is 18.0 Å². The van der Waals surface area contributed by atoms with Crippen LogP contribution in [0.4, 0.5) is 11.8 Å². The van der Waals surface area contributed by atoms with E-state index in [-0.39, 0.29) is 0 Å². The van der Waals surface area contributed by atoms with E-state index in [1.165, 1.54) is 24.8 Å². The van der Waals surface area contributed by atoms with Gasteiger partial charge in [0.2, 0.25) is 5.95 Å². The fourth-order valence-electron chi connectivity index (χ4n) is 5.84. The quantitative estimate of drug-likeness (QED) is 0.280. The third kappa shape index (κ3) is 3.88. The van der Waals surface area contributed by atoms with E-state index in [0.717, 1.165) is 70.9 Å². The first-order valence-electron chi connectivity index (χ1n) is 12.8. The molecule has 2 bridgehead atoms. The molecule has 2 heterocycles. The number of nitrogens with zero attached hydrogens (tertiary/aromatic N) is 3. The monoisotopic (exact) mass is 470 g/mol. The molecule has 182 valence electrons. The molecule has 0 saturated heterocycles. The maximum absolute atomic E-state index is 6.14. The van der Waals surface area contributed by atoms with Crippen LogP contribution >= 0.6 is 0 Å². The van der Waals surface area contributed by atoms with Gasteiger partial charge in [-0.3, -0.25) is 0 Å². The Morgan fingerprint density at radius 2 is 1.97 bits per heavy atom. The number of hydrogen-bond acceptors (Lipinski definition) is 6. The Labute approximate surface area is 206 Å². The lowest BCUT2D eigenvalue weighted by atomic mass is 9.50. The molecular weight excluding hydrogens is 436 g/mol. The lowest BCUT2D eigenvalue weighted by Crippen LogP contribution is -2.66. The van der Waals surface area contributed by atoms with Crippen LogP contribution in [0.1, 0.15) is 50.2 Å². The van der Waals surface area contributed by atoms with Gasteiger partial charge in [0, 0.05) is 29.6 Å². The zero-order valence-electron chi connectivity index (χ0n) is 20.6. The summed E-state index contributed by atoms with van der Waals surface area (Å²) >= 11 is 0. The van der Waals surface area contributed by atoms with Crippen molar-refractivity contribution >= 4 is 33.7 Å². The molecule has 2 aromatic heterocycles. The van der Waals surface area contributed by atoms with Gasteiger partial charge in [0.05, 0.1) is 19.2 Å². The second-order valence-electron chi connectivity index (χ2n) is 10.3. The highest BCUT2D eigenvalue weighted by Crippen LogP contribution is 2.57. The smallest absolute Gasteiger partial charge is 0.222 e. The summed E-state index contributed by atoms with van der Waals surface area (Å²) in [4.78, 5) is 9.26. The predicted octanol–water partition coefficient (Wildman–Crippen LogP) is 5.08. The maximum Gasteiger partial charge on any atom is 0.222 e. The number of para-hydroxylation sites is 1. The minimum absolute atomic E-state index is 0.290. The van der Waals surface area contributed by atoms with Crippen LogP contribution < -0.4 is 21.1 Å². The van der Waals surface area contributed by atoms with Gasteiger partial charge in [-0.2, -0.15) is 4.98 Å². The molecule has 2 aromatic carbocycles. The van der Waals surface area contributed by atoms with E-state index < -0.39 is 0 Å². The number of methoxy groups -OCH3 is 1. The predicted molar refractivity (Wildman–Crippen MR) is 142 cm³/mol. The number of benzene rings is 2. The van der Waals surface area contributed by atoms with E-state index >= 15 is 0 Å². The van der Waals surface area contributed by atoms with Crippen LogP contribution in [0.3, 0.4) is 0 Å². The molecule has 3 saturated carbocycles. The van der Waals surface area contributed by atoms with Gasteiger partial charge in [0.1, 0.15) is 16.8 Å². The van der Waals surface area contributed by atoms with E-state index in [1.54, 1.807) is 7.11 Å². The molecule has 3 aliphatic rings. The number of aromatic nitrogens is 3. The molecule has 0 aliphatic heterocycles. The van der Waals surface area contributed by atoms with Gasteiger partial charge in [-0.25, -0.2) is 4.98 Å². The third-order valence-electron chi connectivity index (χ3n) is 7.82. The Bertz CT molecular complexity index is 1380. The first-order valence-corrected chi connectivity index (χ1v) is 12.8. The Balaban J connectivity index is 1.41. The fraction of sp³-hybridized carbons (Fsp3) is 0.429. The van der Waals surface area contributed by atoms with Gasteiger partial charge in [-0.05, 0) is 55.4 Å². The maximum atomic E-state index is 6.14. The second-order valence-corrected chi connectivity index (χ2v) is 10.3. The van der Waals surface area contributed by atoms with Gasteiger partial charge in [-0.15, -0.1) is 0 Å². The Morgan fingerprint density at radius 1 is 1.14 bits per heavy atom. The van der Waals surface area contributed by atoms with E-state index in [9.17, 15) is 0 Å². The number of nitrogen functional groups attached to an aromatic ring is 1. The molecule has 35 heavy (non-hydrogen) atoms. The normalized spacial score (nSPS) is 20.6. The molecule has 0 radical (unpaired) electrons. The summed E-state index contributed by atoms with van der Waals surface area (Å²) < 4.78 is 8.09. The minimum atomic E-state index is 0.290. The van der Waals surface area contributed by atoms with Gasteiger partial charge < -0.3 is 25.7 Å². The number of fused-ring (bicyclic) bond motifs is 3. The van der Waals surface area contributed by atoms with Crippen LogP contribution in [0.2, 0.25) is 0 Å². The van der Waals surface area contributed by atoms with Crippen molar-refractivity contribution in [2.45, 2.75) is 57.7 Å². The minimum Gasteiger partial charge on any atom is -0.496 e. The van der Waals surface area contributed by atoms with E-state index in [4.69, 9.17) is 10.5 Å². The van der Waals surface area contributed by atoms with Crippen molar-refractivity contribution in [1.29, 1.82) is 0 Å². The average Bonchev–Trinajstić information content (AvgIpc) is 3.11. The van der Waals surface area contributed by atoms with Gasteiger partial charge in [0.15, 0.2) is 5.82 Å². The summed E-state index contributed by atoms with van der Waals surface area (Å²) in [6.07, 6.45) is 6.20. The molecule has 3 aliphatic carbocycles. The summed E-state index contributed by atoms with van der Waals surface area (Å²) in [5.41, 5.74) is 12.0. The first kappa shape index (κ1) is 22.2. The Hall–Kier alpha value is -3.32. The summed E-state index contributed by atoms with van der Waals surface area (Å²) in [6.45, 7) is 4.58. The Kier molecular flexibility index (Phi) is 5.52. The van der Waals surface area contributed by atoms with Crippen LogP contribution in [0.25, 0.3) is 21.9 Å². The van der Waals surface area contributed by atoms with Crippen molar-refractivity contribution in [3.63, 3.8) is 0 Å². The zero-order valence-corrected chi connectivity index (χ0v) is 20.6. The highest BCUT2D eigenvalue weighted by atomic mass is 16.5. The van der Waals surface area contributed by atoms with Crippen LogP contribution in [-0.4, -0.2) is 33.7 Å². The van der Waals surface area contributed by atoms with Crippen molar-refractivity contribution in [1.82, 2.24) is 19.9 Å². The molecule has 0 amide bonds. The number of nitrogens with one attached hydrogen (secondary N) is 2. The second kappa shape index (κ2) is 8.72. The average molecular weight is 471 g/mol. The summed E-state index contributed by atoms with van der Waals surface area (Å²) in [5.74, 6) is 2.94. The van der Waals surface area contributed by atoms with Crippen molar-refractivity contribution in [2.75, 3.05) is 24.7 Å². The molecule has 7 heteroatoms. The van der Waals surface area contributed by atoms with E-state index in [2.05, 4.69) is 68.5 Å². The number of nitrogens with two attached hydrogens (primary N) is 1. The molecule has 4 N–H and O–H groups in total. The van der Waals surface area contributed by atoms with Crippen molar-refractivity contribution in [2.24, 2.45) is 5.92 Å². The number of rotatable bonds is 10. The molecule has 4 aromatic rings. The number of unbranched alkanes of at least 4 members (excludes halogenated alkanes) is 1. The van der Waals surface area contributed by atoms with Gasteiger partial charge >= 0.3 is 0 Å². The Morgan fingerprint density at radius 3 is 2.71 bits per heavy atom. The molecule has 7 nitrogen and oxygen atoms in total. The molecular formula is C28H34N6O. The van der Waals surface area contributed by atoms with Crippen LogP contribution in [0, 0.1) is 5.92 Å². The number of hydrogen-bond donors (Lipinski definition) is 3. The number of ether oxygens (including phenoxy) is 1. The topological polar surface area (TPSA) is 90.0 Å². The third-order valence-corrected chi connectivity index (χ3v) is 7.82. The molecule has 0 atom stereocenters. The van der Waals surface area contributed by atoms with Crippen LogP contribution in [0.5, 0.6) is 5.75 Å². The highest BCUT2D eigenvalue weighted by Gasteiger charge is 2.55. The van der Waals surface area contributed by atoms with Crippen LogP contribution in [0.15, 0.2) is 42.5 Å².